The van der Waals surface area contributed by atoms with Crippen LogP contribution in [0.15, 0.2) is 18.2 Å². The van der Waals surface area contributed by atoms with E-state index in [0.29, 0.717) is 30.3 Å². The number of nitrogens with one attached hydrogen (secondary N) is 1. The van der Waals surface area contributed by atoms with Crippen LogP contribution in [0.25, 0.3) is 0 Å². The number of amides is 1. The fourth-order valence-corrected chi connectivity index (χ4v) is 2.13. The van der Waals surface area contributed by atoms with Gasteiger partial charge in [0.15, 0.2) is 17.5 Å². The third-order valence-electron chi connectivity index (χ3n) is 3.38. The zero-order valence-corrected chi connectivity index (χ0v) is 10.8. The average Bonchev–Trinajstić information content (AvgIpc) is 3.28. The van der Waals surface area contributed by atoms with Crippen molar-refractivity contribution in [3.63, 3.8) is 0 Å². The van der Waals surface area contributed by atoms with Crippen LogP contribution in [0, 0.1) is 5.92 Å². The van der Waals surface area contributed by atoms with Gasteiger partial charge in [-0.05, 0) is 30.5 Å². The maximum Gasteiger partial charge on any atom is 0.330 e. The molecular formula is C14H15NO5. The number of hydrogen-bond acceptors (Lipinski definition) is 4. The second kappa shape index (κ2) is 5.03. The smallest absolute Gasteiger partial charge is 0.330 e. The molecule has 1 aromatic rings. The van der Waals surface area contributed by atoms with Gasteiger partial charge in [0.25, 0.3) is 0 Å². The maximum atomic E-state index is 11.8. The monoisotopic (exact) mass is 277 g/mol. The lowest BCUT2D eigenvalue weighted by Crippen LogP contribution is -2.34. The van der Waals surface area contributed by atoms with Gasteiger partial charge in [-0.1, -0.05) is 6.07 Å². The van der Waals surface area contributed by atoms with Gasteiger partial charge >= 0.3 is 5.97 Å². The number of ether oxygens (including phenoxy) is 2. The van der Waals surface area contributed by atoms with Crippen molar-refractivity contribution >= 4 is 11.9 Å². The van der Waals surface area contributed by atoms with E-state index in [-0.39, 0.29) is 11.8 Å². The van der Waals surface area contributed by atoms with Crippen LogP contribution in [0.4, 0.5) is 0 Å². The molecule has 0 bridgehead atoms. The summed E-state index contributed by atoms with van der Waals surface area (Å²) in [5.74, 6) is -0.213. The second-order valence-electron chi connectivity index (χ2n) is 4.96. The molecule has 6 nitrogen and oxygen atoms in total. The number of hydrogen-bond donors (Lipinski definition) is 2. The minimum Gasteiger partial charge on any atom is -0.486 e. The van der Waals surface area contributed by atoms with Crippen molar-refractivity contribution in [3.05, 3.63) is 23.8 Å². The molecule has 1 aromatic carbocycles. The number of carbonyl (C=O) groups is 2. The highest BCUT2D eigenvalue weighted by molar-refractivity contribution is 5.87. The summed E-state index contributed by atoms with van der Waals surface area (Å²) in [4.78, 5) is 23.1. The van der Waals surface area contributed by atoms with Crippen LogP contribution in [0.1, 0.15) is 24.4 Å². The van der Waals surface area contributed by atoms with E-state index < -0.39 is 12.0 Å². The summed E-state index contributed by atoms with van der Waals surface area (Å²) >= 11 is 0. The van der Waals surface area contributed by atoms with Gasteiger partial charge in [-0.15, -0.1) is 0 Å². The molecule has 20 heavy (non-hydrogen) atoms. The second-order valence-corrected chi connectivity index (χ2v) is 4.96. The van der Waals surface area contributed by atoms with Crippen molar-refractivity contribution in [2.24, 2.45) is 5.92 Å². The molecule has 1 heterocycles. The maximum absolute atomic E-state index is 11.8. The van der Waals surface area contributed by atoms with Gasteiger partial charge in [-0.2, -0.15) is 0 Å². The van der Waals surface area contributed by atoms with Crippen molar-refractivity contribution in [1.82, 2.24) is 5.32 Å². The Bertz CT molecular complexity index is 552. The minimum atomic E-state index is -1.09. The predicted molar refractivity (Wildman–Crippen MR) is 68.7 cm³/mol. The molecule has 1 aliphatic heterocycles. The van der Waals surface area contributed by atoms with Gasteiger partial charge < -0.3 is 19.9 Å². The molecule has 1 saturated carbocycles. The van der Waals surface area contributed by atoms with Crippen LogP contribution in [0.2, 0.25) is 0 Å². The van der Waals surface area contributed by atoms with E-state index >= 15 is 0 Å². The first-order valence-electron chi connectivity index (χ1n) is 6.58. The van der Waals surface area contributed by atoms with E-state index in [9.17, 15) is 14.7 Å². The quantitative estimate of drug-likeness (QED) is 0.861. The Morgan fingerprint density at radius 3 is 2.55 bits per heavy atom. The van der Waals surface area contributed by atoms with E-state index in [1.165, 1.54) is 0 Å². The van der Waals surface area contributed by atoms with Crippen molar-refractivity contribution in [1.29, 1.82) is 0 Å². The Morgan fingerprint density at radius 2 is 1.90 bits per heavy atom. The van der Waals surface area contributed by atoms with Crippen LogP contribution in [0.5, 0.6) is 11.5 Å². The Morgan fingerprint density at radius 1 is 1.20 bits per heavy atom. The molecule has 0 spiro atoms. The predicted octanol–water partition coefficient (Wildman–Crippen LogP) is 1.11. The normalized spacial score (nSPS) is 18.2. The van der Waals surface area contributed by atoms with Gasteiger partial charge in [0.05, 0.1) is 0 Å². The minimum absolute atomic E-state index is 0.0333. The van der Waals surface area contributed by atoms with Gasteiger partial charge in [0.1, 0.15) is 13.2 Å². The first kappa shape index (κ1) is 12.8. The lowest BCUT2D eigenvalue weighted by Gasteiger charge is -2.21. The summed E-state index contributed by atoms with van der Waals surface area (Å²) in [5.41, 5.74) is 0.482. The van der Waals surface area contributed by atoms with E-state index in [2.05, 4.69) is 5.32 Å². The fraction of sp³-hybridized carbons (Fsp3) is 0.429. The number of carbonyl (C=O) groups excluding carboxylic acids is 1. The van der Waals surface area contributed by atoms with E-state index in [1.54, 1.807) is 18.2 Å². The molecule has 1 unspecified atom stereocenters. The van der Waals surface area contributed by atoms with Crippen LogP contribution >= 0.6 is 0 Å². The average molecular weight is 277 g/mol. The summed E-state index contributed by atoms with van der Waals surface area (Å²) in [5, 5.41) is 11.9. The lowest BCUT2D eigenvalue weighted by molar-refractivity contribution is -0.142. The molecule has 3 rings (SSSR count). The Labute approximate surface area is 115 Å². The highest BCUT2D eigenvalue weighted by Crippen LogP contribution is 2.34. The Balaban J connectivity index is 1.83. The summed E-state index contributed by atoms with van der Waals surface area (Å²) in [6.45, 7) is 0.912. The van der Waals surface area contributed by atoms with E-state index in [0.717, 1.165) is 12.8 Å². The molecular weight excluding hydrogens is 262 g/mol. The number of carboxylic acid groups (broad SMARTS) is 1. The third-order valence-corrected chi connectivity index (χ3v) is 3.38. The van der Waals surface area contributed by atoms with Gasteiger partial charge in [-0.3, -0.25) is 4.79 Å². The summed E-state index contributed by atoms with van der Waals surface area (Å²) in [6.07, 6.45) is 1.67. The third kappa shape index (κ3) is 2.54. The van der Waals surface area contributed by atoms with Crippen LogP contribution in [-0.2, 0) is 9.59 Å². The zero-order chi connectivity index (χ0) is 14.1. The molecule has 6 heteroatoms. The topological polar surface area (TPSA) is 84.9 Å². The highest BCUT2D eigenvalue weighted by Gasteiger charge is 2.33. The van der Waals surface area contributed by atoms with E-state index in [1.807, 2.05) is 0 Å². The van der Waals surface area contributed by atoms with Crippen molar-refractivity contribution in [2.75, 3.05) is 13.2 Å². The van der Waals surface area contributed by atoms with Crippen LogP contribution in [0.3, 0.4) is 0 Å². The summed E-state index contributed by atoms with van der Waals surface area (Å²) in [6, 6.07) is 3.86. The molecule has 0 saturated heterocycles. The first-order chi connectivity index (χ1) is 9.65. The molecule has 1 aliphatic carbocycles. The number of carboxylic acids is 1. The fourth-order valence-electron chi connectivity index (χ4n) is 2.13. The van der Waals surface area contributed by atoms with Gasteiger partial charge in [0, 0.05) is 5.92 Å². The summed E-state index contributed by atoms with van der Waals surface area (Å²) in [7, 11) is 0. The Hall–Kier alpha value is -2.24. The number of aliphatic carboxylic acids is 1. The summed E-state index contributed by atoms with van der Waals surface area (Å²) < 4.78 is 10.8. The molecule has 1 atom stereocenters. The van der Waals surface area contributed by atoms with Crippen molar-refractivity contribution in [3.8, 4) is 11.5 Å². The lowest BCUT2D eigenvalue weighted by atomic mass is 10.1. The SMILES string of the molecule is O=C(NC(C(=O)O)c1ccc2c(c1)OCCO2)C1CC1. The molecule has 1 fully saturated rings. The first-order valence-corrected chi connectivity index (χ1v) is 6.58. The Kier molecular flexibility index (Phi) is 3.22. The van der Waals surface area contributed by atoms with Crippen molar-refractivity contribution in [2.45, 2.75) is 18.9 Å². The highest BCUT2D eigenvalue weighted by atomic mass is 16.6. The number of fused-ring (bicyclic) bond motifs is 1. The standard InChI is InChI=1S/C14H15NO5/c16-13(8-1-2-8)15-12(14(17)18)9-3-4-10-11(7-9)20-6-5-19-10/h3-4,7-8,12H,1-2,5-6H2,(H,15,16)(H,17,18). The molecule has 0 aromatic heterocycles. The van der Waals surface area contributed by atoms with Gasteiger partial charge in [0.2, 0.25) is 5.91 Å². The van der Waals surface area contributed by atoms with E-state index in [4.69, 9.17) is 9.47 Å². The molecule has 1 amide bonds. The van der Waals surface area contributed by atoms with Crippen molar-refractivity contribution < 1.29 is 24.2 Å². The number of rotatable bonds is 4. The van der Waals surface area contributed by atoms with Crippen LogP contribution in [-0.4, -0.2) is 30.2 Å². The molecule has 2 N–H and O–H groups in total. The van der Waals surface area contributed by atoms with Crippen LogP contribution < -0.4 is 14.8 Å². The largest absolute Gasteiger partial charge is 0.486 e. The van der Waals surface area contributed by atoms with Gasteiger partial charge in [-0.25, -0.2) is 4.79 Å². The molecule has 2 aliphatic rings. The number of benzene rings is 1. The zero-order valence-electron chi connectivity index (χ0n) is 10.8. The molecule has 106 valence electrons. The molecule has 0 radical (unpaired) electrons.